The quantitative estimate of drug-likeness (QED) is 0.255. The van der Waals surface area contributed by atoms with Gasteiger partial charge in [0.05, 0.1) is 0 Å². The predicted octanol–water partition coefficient (Wildman–Crippen LogP) is 3.04. The van der Waals surface area contributed by atoms with Crippen LogP contribution in [0.25, 0.3) is 0 Å². The minimum atomic E-state index is -2.05. The van der Waals surface area contributed by atoms with Crippen LogP contribution in [0.5, 0.6) is 5.75 Å². The van der Waals surface area contributed by atoms with Gasteiger partial charge in [-0.25, -0.2) is 0 Å². The second kappa shape index (κ2) is 12.5. The number of aliphatic hydroxyl groups is 3. The molecule has 0 heterocycles. The van der Waals surface area contributed by atoms with Crippen molar-refractivity contribution in [2.24, 2.45) is 5.73 Å². The van der Waals surface area contributed by atoms with Gasteiger partial charge in [-0.2, -0.15) is 0 Å². The number of carbonyl (C=O) groups excluding carboxylic acids is 1. The largest absolute Gasteiger partial charge is 0.490 e. The first-order valence-corrected chi connectivity index (χ1v) is 11.8. The Balaban J connectivity index is 1.59. The number of benzene rings is 3. The van der Waals surface area contributed by atoms with Crippen molar-refractivity contribution in [2.45, 2.75) is 44.1 Å². The summed E-state index contributed by atoms with van der Waals surface area (Å²) >= 11 is 0. The van der Waals surface area contributed by atoms with E-state index in [-0.39, 0.29) is 5.91 Å². The summed E-state index contributed by atoms with van der Waals surface area (Å²) in [5.74, 6) is 0.413. The molecule has 7 heteroatoms. The molecule has 0 spiro atoms. The fraction of sp³-hybridized carbons (Fsp3) is 0.321. The van der Waals surface area contributed by atoms with Gasteiger partial charge in [-0.1, -0.05) is 67.6 Å². The zero-order valence-electron chi connectivity index (χ0n) is 19.9. The normalized spacial score (nSPS) is 13.8. The molecular formula is C28H34N2O5. The van der Waals surface area contributed by atoms with Crippen molar-refractivity contribution in [3.8, 4) is 5.75 Å². The number of aliphatic hydroxyl groups excluding tert-OH is 1. The van der Waals surface area contributed by atoms with E-state index in [1.54, 1.807) is 54.6 Å². The Morgan fingerprint density at radius 2 is 1.77 bits per heavy atom. The van der Waals surface area contributed by atoms with Crippen molar-refractivity contribution >= 4 is 5.91 Å². The van der Waals surface area contributed by atoms with E-state index in [1.807, 2.05) is 12.1 Å². The molecule has 2 atom stereocenters. The van der Waals surface area contributed by atoms with Crippen LogP contribution >= 0.6 is 0 Å². The molecule has 186 valence electrons. The topological polar surface area (TPSA) is 125 Å². The maximum atomic E-state index is 12.7. The summed E-state index contributed by atoms with van der Waals surface area (Å²) in [6, 6.07) is 23.1. The van der Waals surface area contributed by atoms with Crippen LogP contribution in [0.3, 0.4) is 0 Å². The van der Waals surface area contributed by atoms with Crippen molar-refractivity contribution in [1.29, 1.82) is 0 Å². The highest BCUT2D eigenvalue weighted by molar-refractivity contribution is 5.94. The van der Waals surface area contributed by atoms with Crippen LogP contribution in [0.2, 0.25) is 0 Å². The van der Waals surface area contributed by atoms with E-state index in [2.05, 4.69) is 24.4 Å². The van der Waals surface area contributed by atoms with Gasteiger partial charge in [0.25, 0.3) is 5.91 Å². The van der Waals surface area contributed by atoms with Gasteiger partial charge >= 0.3 is 0 Å². The van der Waals surface area contributed by atoms with Crippen LogP contribution in [0.4, 0.5) is 0 Å². The first kappa shape index (κ1) is 26.4. The maximum Gasteiger partial charge on any atom is 0.251 e. The number of hydrogen-bond acceptors (Lipinski definition) is 6. The minimum absolute atomic E-state index is 0.235. The molecule has 3 rings (SSSR count). The van der Waals surface area contributed by atoms with Crippen LogP contribution in [-0.4, -0.2) is 40.7 Å². The molecule has 0 saturated heterocycles. The lowest BCUT2D eigenvalue weighted by atomic mass is 9.92. The lowest BCUT2D eigenvalue weighted by molar-refractivity contribution is -0.202. The SMILES string of the molecule is CCC(CCNC(=O)c1cccc(OCC(O)(c2ccccc2)C(O)O)c1)c1cccc(CN)c1. The average molecular weight is 479 g/mol. The van der Waals surface area contributed by atoms with Gasteiger partial charge < -0.3 is 31.1 Å². The van der Waals surface area contributed by atoms with Crippen molar-refractivity contribution in [2.75, 3.05) is 13.2 Å². The van der Waals surface area contributed by atoms with E-state index in [0.29, 0.717) is 35.9 Å². The molecule has 0 aliphatic carbocycles. The molecule has 0 aliphatic heterocycles. The lowest BCUT2D eigenvalue weighted by Gasteiger charge is -2.30. The third kappa shape index (κ3) is 6.90. The Morgan fingerprint density at radius 1 is 1.03 bits per heavy atom. The summed E-state index contributed by atoms with van der Waals surface area (Å²) in [6.07, 6.45) is -0.299. The van der Waals surface area contributed by atoms with Crippen LogP contribution in [0.15, 0.2) is 78.9 Å². The molecular weight excluding hydrogens is 444 g/mol. The van der Waals surface area contributed by atoms with Crippen LogP contribution in [0.1, 0.15) is 52.7 Å². The molecule has 0 bridgehead atoms. The Morgan fingerprint density at radius 3 is 2.46 bits per heavy atom. The zero-order valence-corrected chi connectivity index (χ0v) is 19.9. The molecule has 3 aromatic rings. The summed E-state index contributed by atoms with van der Waals surface area (Å²) in [7, 11) is 0. The standard InChI is InChI=1S/C28H34N2O5/c1-2-21(22-9-6-8-20(16-22)18-29)14-15-30-26(31)23-10-7-13-25(17-23)35-19-28(34,27(32)33)24-11-4-3-5-12-24/h3-13,16-17,21,27,32-34H,2,14-15,18-19,29H2,1H3,(H,30,31). The van der Waals surface area contributed by atoms with Gasteiger partial charge in [-0.05, 0) is 53.6 Å². The summed E-state index contributed by atoms with van der Waals surface area (Å²) in [5.41, 5.74) is 6.78. The van der Waals surface area contributed by atoms with Crippen LogP contribution in [0, 0.1) is 0 Å². The van der Waals surface area contributed by atoms with E-state index in [0.717, 1.165) is 18.4 Å². The highest BCUT2D eigenvalue weighted by atomic mass is 16.5. The predicted molar refractivity (Wildman–Crippen MR) is 135 cm³/mol. The summed E-state index contributed by atoms with van der Waals surface area (Å²) in [4.78, 5) is 12.7. The maximum absolute atomic E-state index is 12.7. The third-order valence-electron chi connectivity index (χ3n) is 6.19. The first-order valence-electron chi connectivity index (χ1n) is 11.8. The van der Waals surface area contributed by atoms with Gasteiger partial charge in [0.15, 0.2) is 11.9 Å². The molecule has 6 N–H and O–H groups in total. The second-order valence-electron chi connectivity index (χ2n) is 8.58. The molecule has 2 unspecified atom stereocenters. The summed E-state index contributed by atoms with van der Waals surface area (Å²) < 4.78 is 5.66. The number of nitrogens with one attached hydrogen (secondary N) is 1. The summed E-state index contributed by atoms with van der Waals surface area (Å²) in [5, 5.41) is 33.3. The van der Waals surface area contributed by atoms with Gasteiger partial charge in [0.1, 0.15) is 12.4 Å². The van der Waals surface area contributed by atoms with Gasteiger partial charge in [-0.15, -0.1) is 0 Å². The van der Waals surface area contributed by atoms with Crippen molar-refractivity contribution in [3.63, 3.8) is 0 Å². The molecule has 0 fully saturated rings. The van der Waals surface area contributed by atoms with Crippen molar-refractivity contribution in [3.05, 3.63) is 101 Å². The van der Waals surface area contributed by atoms with Gasteiger partial charge in [0, 0.05) is 18.7 Å². The fourth-order valence-electron chi connectivity index (χ4n) is 4.00. The summed E-state index contributed by atoms with van der Waals surface area (Å²) in [6.45, 7) is 2.74. The van der Waals surface area contributed by atoms with Crippen molar-refractivity contribution < 1.29 is 24.9 Å². The van der Waals surface area contributed by atoms with Gasteiger partial charge in [0.2, 0.25) is 0 Å². The van der Waals surface area contributed by atoms with Crippen LogP contribution in [-0.2, 0) is 12.1 Å². The molecule has 35 heavy (non-hydrogen) atoms. The number of carbonyl (C=O) groups is 1. The molecule has 0 aromatic heterocycles. The van der Waals surface area contributed by atoms with E-state index in [1.165, 1.54) is 5.56 Å². The van der Waals surface area contributed by atoms with E-state index in [4.69, 9.17) is 10.5 Å². The number of nitrogens with two attached hydrogens (primary N) is 1. The zero-order chi connectivity index (χ0) is 25.3. The molecule has 0 saturated carbocycles. The Labute approximate surface area is 206 Å². The average Bonchev–Trinajstić information content (AvgIpc) is 2.90. The highest BCUT2D eigenvalue weighted by Gasteiger charge is 2.37. The molecule has 0 radical (unpaired) electrons. The minimum Gasteiger partial charge on any atom is -0.490 e. The Kier molecular flexibility index (Phi) is 9.39. The number of rotatable bonds is 12. The van der Waals surface area contributed by atoms with E-state index in [9.17, 15) is 20.1 Å². The lowest BCUT2D eigenvalue weighted by Crippen LogP contribution is -2.44. The molecule has 0 aliphatic rings. The highest BCUT2D eigenvalue weighted by Crippen LogP contribution is 2.26. The number of hydrogen-bond donors (Lipinski definition) is 5. The van der Waals surface area contributed by atoms with Gasteiger partial charge in [-0.3, -0.25) is 4.79 Å². The smallest absolute Gasteiger partial charge is 0.251 e. The fourth-order valence-corrected chi connectivity index (χ4v) is 4.00. The number of ether oxygens (including phenoxy) is 1. The molecule has 3 aromatic carbocycles. The Hall–Kier alpha value is -3.23. The van der Waals surface area contributed by atoms with Crippen molar-refractivity contribution in [1.82, 2.24) is 5.32 Å². The van der Waals surface area contributed by atoms with E-state index < -0.39 is 18.5 Å². The monoisotopic (exact) mass is 478 g/mol. The second-order valence-corrected chi connectivity index (χ2v) is 8.58. The molecule has 7 nitrogen and oxygen atoms in total. The van der Waals surface area contributed by atoms with Crippen LogP contribution < -0.4 is 15.8 Å². The Bertz CT molecular complexity index is 1090. The van der Waals surface area contributed by atoms with E-state index >= 15 is 0 Å². The third-order valence-corrected chi connectivity index (χ3v) is 6.19. The molecule has 1 amide bonds. The number of amides is 1. The first-order chi connectivity index (χ1) is 16.9.